The van der Waals surface area contributed by atoms with Crippen LogP contribution in [0.5, 0.6) is 5.75 Å². The van der Waals surface area contributed by atoms with Gasteiger partial charge in [0.2, 0.25) is 15.9 Å². The van der Waals surface area contributed by atoms with Gasteiger partial charge >= 0.3 is 0 Å². The number of carbonyl (C=O) groups is 1. The maximum absolute atomic E-state index is 12.4. The lowest BCUT2D eigenvalue weighted by Crippen LogP contribution is -2.42. The molecule has 0 aromatic heterocycles. The molecular formula is C17H26N2O4S. The number of benzene rings is 1. The topological polar surface area (TPSA) is 86.7 Å². The lowest BCUT2D eigenvalue weighted by Gasteiger charge is -2.30. The summed E-state index contributed by atoms with van der Waals surface area (Å²) in [5, 5.41) is 12.6. The number of nitrogens with one attached hydrogen (secondary N) is 1. The van der Waals surface area contributed by atoms with Crippen molar-refractivity contribution in [3.05, 3.63) is 23.8 Å². The molecule has 0 saturated carbocycles. The third-order valence-corrected chi connectivity index (χ3v) is 6.34. The number of piperidine rings is 1. The molecule has 1 aromatic rings. The molecule has 0 spiro atoms. The summed E-state index contributed by atoms with van der Waals surface area (Å²) < 4.78 is 25.9. The number of carbonyl (C=O) groups excluding carboxylic acids is 1. The highest BCUT2D eigenvalue weighted by molar-refractivity contribution is 7.89. The number of phenolic OH excluding ortho intramolecular Hbond substituents is 1. The van der Waals surface area contributed by atoms with Crippen LogP contribution in [0.15, 0.2) is 18.2 Å². The second-order valence-corrected chi connectivity index (χ2v) is 8.44. The van der Waals surface area contributed by atoms with Gasteiger partial charge in [-0.15, -0.1) is 0 Å². The Morgan fingerprint density at radius 3 is 2.62 bits per heavy atom. The molecule has 1 aliphatic rings. The van der Waals surface area contributed by atoms with Crippen molar-refractivity contribution in [1.29, 1.82) is 0 Å². The van der Waals surface area contributed by atoms with E-state index in [-0.39, 0.29) is 23.3 Å². The first-order valence-corrected chi connectivity index (χ1v) is 10.0. The fourth-order valence-corrected chi connectivity index (χ4v) is 4.52. The zero-order valence-electron chi connectivity index (χ0n) is 14.3. The van der Waals surface area contributed by atoms with Gasteiger partial charge in [0.05, 0.1) is 11.4 Å². The van der Waals surface area contributed by atoms with Crippen molar-refractivity contribution in [3.8, 4) is 5.75 Å². The number of hydrogen-bond donors (Lipinski definition) is 2. The van der Waals surface area contributed by atoms with E-state index in [4.69, 9.17) is 0 Å². The first-order chi connectivity index (χ1) is 11.3. The Kier molecular flexibility index (Phi) is 6.23. The third kappa shape index (κ3) is 4.70. The Balaban J connectivity index is 1.92. The summed E-state index contributed by atoms with van der Waals surface area (Å²) in [7, 11) is -3.20. The lowest BCUT2D eigenvalue weighted by atomic mass is 9.97. The Bertz CT molecular complexity index is 680. The summed E-state index contributed by atoms with van der Waals surface area (Å²) in [6, 6.07) is 5.04. The van der Waals surface area contributed by atoms with E-state index in [1.807, 2.05) is 13.8 Å². The van der Waals surface area contributed by atoms with Crippen LogP contribution in [-0.4, -0.2) is 42.6 Å². The van der Waals surface area contributed by atoms with Crippen LogP contribution < -0.4 is 5.32 Å². The van der Waals surface area contributed by atoms with Crippen LogP contribution in [0.1, 0.15) is 38.2 Å². The maximum Gasteiger partial charge on any atom is 0.227 e. The average molecular weight is 354 g/mol. The third-order valence-electron chi connectivity index (χ3n) is 4.38. The number of sulfonamides is 1. The van der Waals surface area contributed by atoms with Crippen LogP contribution in [0.3, 0.4) is 0 Å². The number of hydrogen-bond acceptors (Lipinski definition) is 4. The quantitative estimate of drug-likeness (QED) is 0.769. The van der Waals surface area contributed by atoms with Gasteiger partial charge in [-0.25, -0.2) is 12.7 Å². The van der Waals surface area contributed by atoms with Gasteiger partial charge in [0.1, 0.15) is 5.75 Å². The number of rotatable bonds is 6. The van der Waals surface area contributed by atoms with Gasteiger partial charge in [-0.1, -0.05) is 19.4 Å². The molecule has 0 aliphatic carbocycles. The Labute approximate surface area is 143 Å². The van der Waals surface area contributed by atoms with E-state index in [1.54, 1.807) is 18.2 Å². The first-order valence-electron chi connectivity index (χ1n) is 8.42. The molecule has 0 atom stereocenters. The number of nitrogens with zero attached hydrogens (tertiary/aromatic N) is 1. The van der Waals surface area contributed by atoms with Crippen molar-refractivity contribution >= 4 is 21.6 Å². The van der Waals surface area contributed by atoms with Crippen molar-refractivity contribution < 1.29 is 18.3 Å². The minimum absolute atomic E-state index is 0.0357. The number of amides is 1. The van der Waals surface area contributed by atoms with Crippen LogP contribution in [0.25, 0.3) is 0 Å². The molecule has 0 unspecified atom stereocenters. The van der Waals surface area contributed by atoms with Crippen molar-refractivity contribution in [2.75, 3.05) is 24.2 Å². The van der Waals surface area contributed by atoms with Crippen LogP contribution in [-0.2, 0) is 14.8 Å². The van der Waals surface area contributed by atoms with Gasteiger partial charge in [0, 0.05) is 19.0 Å². The highest BCUT2D eigenvalue weighted by atomic mass is 32.2. The van der Waals surface area contributed by atoms with E-state index in [0.717, 1.165) is 12.0 Å². The molecule has 1 aliphatic heterocycles. The van der Waals surface area contributed by atoms with E-state index in [0.29, 0.717) is 38.0 Å². The molecule has 1 fully saturated rings. The van der Waals surface area contributed by atoms with Gasteiger partial charge < -0.3 is 10.4 Å². The molecule has 0 radical (unpaired) electrons. The molecule has 1 aromatic carbocycles. The molecule has 1 amide bonds. The van der Waals surface area contributed by atoms with Gasteiger partial charge in [-0.3, -0.25) is 4.79 Å². The highest BCUT2D eigenvalue weighted by Crippen LogP contribution is 2.27. The summed E-state index contributed by atoms with van der Waals surface area (Å²) in [6.07, 6.45) is 2.51. The first kappa shape index (κ1) is 18.7. The lowest BCUT2D eigenvalue weighted by molar-refractivity contribution is -0.120. The van der Waals surface area contributed by atoms with Gasteiger partial charge in [0.25, 0.3) is 0 Å². The highest BCUT2D eigenvalue weighted by Gasteiger charge is 2.30. The monoisotopic (exact) mass is 354 g/mol. The predicted octanol–water partition coefficient (Wildman–Crippen LogP) is 2.48. The summed E-state index contributed by atoms with van der Waals surface area (Å²) >= 11 is 0. The molecule has 1 saturated heterocycles. The van der Waals surface area contributed by atoms with Crippen molar-refractivity contribution in [2.45, 2.75) is 39.5 Å². The zero-order valence-corrected chi connectivity index (χ0v) is 15.1. The number of phenols is 1. The van der Waals surface area contributed by atoms with Crippen LogP contribution in [0.2, 0.25) is 0 Å². The minimum Gasteiger partial charge on any atom is -0.506 e. The van der Waals surface area contributed by atoms with E-state index in [1.165, 1.54) is 4.31 Å². The van der Waals surface area contributed by atoms with Crippen LogP contribution in [0.4, 0.5) is 5.69 Å². The normalized spacial score (nSPS) is 16.9. The summed E-state index contributed by atoms with van der Waals surface area (Å²) in [4.78, 5) is 12.4. The van der Waals surface area contributed by atoms with E-state index >= 15 is 0 Å². The number of anilines is 1. The molecule has 1 heterocycles. The van der Waals surface area contributed by atoms with Crippen molar-refractivity contribution in [3.63, 3.8) is 0 Å². The predicted molar refractivity (Wildman–Crippen MR) is 94.5 cm³/mol. The molecule has 2 rings (SSSR count). The second-order valence-electron chi connectivity index (χ2n) is 6.35. The SMILES string of the molecule is CCCCS(=O)(=O)N1CCC(C(=O)Nc2cc(C)ccc2O)CC1. The smallest absolute Gasteiger partial charge is 0.227 e. The molecule has 0 bridgehead atoms. The van der Waals surface area contributed by atoms with Crippen LogP contribution in [0, 0.1) is 12.8 Å². The summed E-state index contributed by atoms with van der Waals surface area (Å²) in [6.45, 7) is 4.61. The molecule has 24 heavy (non-hydrogen) atoms. The molecule has 7 heteroatoms. The van der Waals surface area contributed by atoms with Gasteiger partial charge in [-0.05, 0) is 43.9 Å². The van der Waals surface area contributed by atoms with Crippen molar-refractivity contribution in [2.24, 2.45) is 5.92 Å². The Morgan fingerprint density at radius 2 is 2.00 bits per heavy atom. The zero-order chi connectivity index (χ0) is 17.7. The fraction of sp³-hybridized carbons (Fsp3) is 0.588. The molecule has 6 nitrogen and oxygen atoms in total. The van der Waals surface area contributed by atoms with E-state index < -0.39 is 10.0 Å². The Morgan fingerprint density at radius 1 is 1.33 bits per heavy atom. The Hall–Kier alpha value is -1.60. The van der Waals surface area contributed by atoms with Crippen LogP contribution >= 0.6 is 0 Å². The fourth-order valence-electron chi connectivity index (χ4n) is 2.84. The largest absolute Gasteiger partial charge is 0.506 e. The standard InChI is InChI=1S/C17H26N2O4S/c1-3-4-11-24(22,23)19-9-7-14(8-10-19)17(21)18-15-12-13(2)5-6-16(15)20/h5-6,12,14,20H,3-4,7-11H2,1-2H3,(H,18,21). The average Bonchev–Trinajstić information content (AvgIpc) is 2.56. The maximum atomic E-state index is 12.4. The summed E-state index contributed by atoms with van der Waals surface area (Å²) in [5.41, 5.74) is 1.35. The molecule has 2 N–H and O–H groups in total. The number of aryl methyl sites for hydroxylation is 1. The van der Waals surface area contributed by atoms with Crippen molar-refractivity contribution in [1.82, 2.24) is 4.31 Å². The number of aromatic hydroxyl groups is 1. The van der Waals surface area contributed by atoms with E-state index in [9.17, 15) is 18.3 Å². The minimum atomic E-state index is -3.20. The van der Waals surface area contributed by atoms with E-state index in [2.05, 4.69) is 5.32 Å². The van der Waals surface area contributed by atoms with Gasteiger partial charge in [0.15, 0.2) is 0 Å². The molecule has 134 valence electrons. The molecular weight excluding hydrogens is 328 g/mol. The number of unbranched alkanes of at least 4 members (excludes halogenated alkanes) is 1. The summed E-state index contributed by atoms with van der Waals surface area (Å²) in [5.74, 6) is -0.185. The second kappa shape index (κ2) is 7.98. The van der Waals surface area contributed by atoms with Gasteiger partial charge in [-0.2, -0.15) is 0 Å².